The van der Waals surface area contributed by atoms with Gasteiger partial charge in [-0.25, -0.2) is 4.98 Å². The van der Waals surface area contributed by atoms with Gasteiger partial charge in [-0.1, -0.05) is 30.3 Å². The van der Waals surface area contributed by atoms with Gasteiger partial charge in [-0.2, -0.15) is 0 Å². The molecule has 0 unspecified atom stereocenters. The predicted octanol–water partition coefficient (Wildman–Crippen LogP) is 3.86. The highest BCUT2D eigenvalue weighted by Crippen LogP contribution is 2.48. The summed E-state index contributed by atoms with van der Waals surface area (Å²) in [4.78, 5) is 11.0. The first-order valence-corrected chi connectivity index (χ1v) is 11.2. The van der Waals surface area contributed by atoms with Crippen LogP contribution < -0.4 is 4.90 Å². The summed E-state index contributed by atoms with van der Waals surface area (Å²) in [6.07, 6.45) is 7.93. The quantitative estimate of drug-likeness (QED) is 0.870. The number of benzene rings is 1. The van der Waals surface area contributed by atoms with Crippen molar-refractivity contribution in [2.75, 3.05) is 31.1 Å². The monoisotopic (exact) mass is 383 g/mol. The number of likely N-dealkylation sites (tertiary alicyclic amines) is 1. The van der Waals surface area contributed by atoms with Crippen molar-refractivity contribution in [3.8, 4) is 0 Å². The molecular weight excluding hydrogens is 354 g/mol. The number of thiazole rings is 1. The Morgan fingerprint density at radius 2 is 1.93 bits per heavy atom. The third kappa shape index (κ3) is 3.30. The minimum Gasteiger partial charge on any atom is -0.385 e. The van der Waals surface area contributed by atoms with Crippen LogP contribution >= 0.6 is 11.3 Å². The molecule has 1 aromatic carbocycles. The molecule has 3 aliphatic rings. The lowest BCUT2D eigenvalue weighted by Crippen LogP contribution is -2.42. The SMILES string of the molecule is O[C@@]1(c2ccccc2)CCC[C@H]2CN(Cc3cnc(N4CCCC4)s3)C[C@H]21. The van der Waals surface area contributed by atoms with E-state index in [0.717, 1.165) is 51.1 Å². The molecule has 1 N–H and O–H groups in total. The number of anilines is 1. The van der Waals surface area contributed by atoms with Gasteiger partial charge in [0.15, 0.2) is 5.13 Å². The molecule has 2 aliphatic heterocycles. The second-order valence-corrected chi connectivity index (χ2v) is 9.64. The zero-order valence-electron chi connectivity index (χ0n) is 15.9. The Balaban J connectivity index is 1.30. The average Bonchev–Trinajstić information content (AvgIpc) is 3.43. The first-order chi connectivity index (χ1) is 13.2. The van der Waals surface area contributed by atoms with Crippen LogP contribution in [0.1, 0.15) is 42.5 Å². The van der Waals surface area contributed by atoms with E-state index in [2.05, 4.69) is 45.2 Å². The third-order valence-corrected chi connectivity index (χ3v) is 7.88. The van der Waals surface area contributed by atoms with Crippen LogP contribution in [-0.4, -0.2) is 41.2 Å². The molecular formula is C22H29N3OS. The Kier molecular flexibility index (Phi) is 4.70. The molecule has 5 heteroatoms. The van der Waals surface area contributed by atoms with Crippen molar-refractivity contribution in [2.24, 2.45) is 11.8 Å². The molecule has 1 saturated carbocycles. The highest BCUT2D eigenvalue weighted by Gasteiger charge is 2.49. The number of aliphatic hydroxyl groups is 1. The van der Waals surface area contributed by atoms with E-state index in [1.807, 2.05) is 17.4 Å². The molecule has 3 fully saturated rings. The Hall–Kier alpha value is -1.43. The lowest BCUT2D eigenvalue weighted by Gasteiger charge is -2.41. The molecule has 144 valence electrons. The highest BCUT2D eigenvalue weighted by atomic mass is 32.1. The normalized spacial score (nSPS) is 31.4. The largest absolute Gasteiger partial charge is 0.385 e. The summed E-state index contributed by atoms with van der Waals surface area (Å²) in [5.74, 6) is 0.953. The zero-order valence-corrected chi connectivity index (χ0v) is 16.7. The van der Waals surface area contributed by atoms with Crippen molar-refractivity contribution in [3.05, 3.63) is 47.0 Å². The van der Waals surface area contributed by atoms with Gasteiger partial charge in [-0.3, -0.25) is 4.90 Å². The fourth-order valence-corrected chi connectivity index (χ4v) is 6.48. The summed E-state index contributed by atoms with van der Waals surface area (Å²) in [6, 6.07) is 10.4. The second-order valence-electron chi connectivity index (χ2n) is 8.55. The van der Waals surface area contributed by atoms with Crippen LogP contribution in [0.15, 0.2) is 36.5 Å². The van der Waals surface area contributed by atoms with Crippen molar-refractivity contribution in [1.82, 2.24) is 9.88 Å². The van der Waals surface area contributed by atoms with Crippen LogP contribution in [0.5, 0.6) is 0 Å². The van der Waals surface area contributed by atoms with Gasteiger partial charge in [-0.05, 0) is 43.6 Å². The Morgan fingerprint density at radius 1 is 1.11 bits per heavy atom. The van der Waals surface area contributed by atoms with E-state index in [9.17, 15) is 5.11 Å². The van der Waals surface area contributed by atoms with E-state index in [1.165, 1.54) is 29.3 Å². The summed E-state index contributed by atoms with van der Waals surface area (Å²) in [7, 11) is 0. The second kappa shape index (κ2) is 7.19. The third-order valence-electron chi connectivity index (χ3n) is 6.83. The standard InChI is InChI=1S/C22H29N3OS/c26-22(18-8-2-1-3-9-18)10-6-7-17-14-24(16-20(17)22)15-19-13-23-21(27-19)25-11-4-5-12-25/h1-3,8-9,13,17,20,26H,4-7,10-12,14-16H2/t17-,20+,22+/m0/s1. The maximum absolute atomic E-state index is 11.6. The van der Waals surface area contributed by atoms with Crippen LogP contribution in [-0.2, 0) is 12.1 Å². The maximum atomic E-state index is 11.6. The number of nitrogens with zero attached hydrogens (tertiary/aromatic N) is 3. The van der Waals surface area contributed by atoms with Gasteiger partial charge in [-0.15, -0.1) is 11.3 Å². The summed E-state index contributed by atoms with van der Waals surface area (Å²) < 4.78 is 0. The van der Waals surface area contributed by atoms with Gasteiger partial charge in [0.05, 0.1) is 5.60 Å². The molecule has 0 bridgehead atoms. The van der Waals surface area contributed by atoms with Gasteiger partial charge in [0.1, 0.15) is 0 Å². The first kappa shape index (κ1) is 17.7. The Bertz CT molecular complexity index is 773. The smallest absolute Gasteiger partial charge is 0.185 e. The van der Waals surface area contributed by atoms with Crippen molar-refractivity contribution in [3.63, 3.8) is 0 Å². The van der Waals surface area contributed by atoms with Gasteiger partial charge >= 0.3 is 0 Å². The number of hydrogen-bond acceptors (Lipinski definition) is 5. The molecule has 0 radical (unpaired) electrons. The predicted molar refractivity (Wildman–Crippen MR) is 110 cm³/mol. The van der Waals surface area contributed by atoms with Crippen LogP contribution in [0.25, 0.3) is 0 Å². The number of fused-ring (bicyclic) bond motifs is 1. The van der Waals surface area contributed by atoms with Crippen molar-refractivity contribution < 1.29 is 5.11 Å². The molecule has 3 atom stereocenters. The topological polar surface area (TPSA) is 39.6 Å². The molecule has 2 saturated heterocycles. The molecule has 0 amide bonds. The van der Waals surface area contributed by atoms with E-state index >= 15 is 0 Å². The Morgan fingerprint density at radius 3 is 2.74 bits per heavy atom. The average molecular weight is 384 g/mol. The maximum Gasteiger partial charge on any atom is 0.185 e. The van der Waals surface area contributed by atoms with Gasteiger partial charge in [0.2, 0.25) is 0 Å². The minimum atomic E-state index is -0.659. The molecule has 1 aliphatic carbocycles. The zero-order chi connectivity index (χ0) is 18.3. The summed E-state index contributed by atoms with van der Waals surface area (Å²) >= 11 is 1.86. The number of rotatable bonds is 4. The number of aromatic nitrogens is 1. The van der Waals surface area contributed by atoms with Crippen molar-refractivity contribution in [2.45, 2.75) is 44.2 Å². The molecule has 3 heterocycles. The van der Waals surface area contributed by atoms with Gasteiger partial charge < -0.3 is 10.0 Å². The molecule has 5 rings (SSSR count). The van der Waals surface area contributed by atoms with Crippen LogP contribution in [0, 0.1) is 11.8 Å². The number of hydrogen-bond donors (Lipinski definition) is 1. The van der Waals surface area contributed by atoms with Gasteiger partial charge in [0.25, 0.3) is 0 Å². The molecule has 27 heavy (non-hydrogen) atoms. The first-order valence-electron chi connectivity index (χ1n) is 10.4. The van der Waals surface area contributed by atoms with E-state index in [0.29, 0.717) is 11.8 Å². The van der Waals surface area contributed by atoms with Crippen LogP contribution in [0.3, 0.4) is 0 Å². The van der Waals surface area contributed by atoms with Crippen LogP contribution in [0.4, 0.5) is 5.13 Å². The van der Waals surface area contributed by atoms with Crippen molar-refractivity contribution in [1.29, 1.82) is 0 Å². The molecule has 2 aromatic rings. The Labute approximate surface area is 165 Å². The lowest BCUT2D eigenvalue weighted by molar-refractivity contribution is -0.0648. The summed E-state index contributed by atoms with van der Waals surface area (Å²) in [5, 5.41) is 12.8. The fourth-order valence-electron chi connectivity index (χ4n) is 5.47. The van der Waals surface area contributed by atoms with E-state index in [1.54, 1.807) is 0 Å². The van der Waals surface area contributed by atoms with Crippen LogP contribution in [0.2, 0.25) is 0 Å². The van der Waals surface area contributed by atoms with E-state index in [4.69, 9.17) is 0 Å². The highest BCUT2D eigenvalue weighted by molar-refractivity contribution is 7.15. The van der Waals surface area contributed by atoms with E-state index in [-0.39, 0.29) is 0 Å². The van der Waals surface area contributed by atoms with Crippen molar-refractivity contribution >= 4 is 16.5 Å². The minimum absolute atomic E-state index is 0.347. The lowest BCUT2D eigenvalue weighted by atomic mass is 9.67. The molecule has 0 spiro atoms. The molecule has 1 aromatic heterocycles. The summed E-state index contributed by atoms with van der Waals surface area (Å²) in [6.45, 7) is 5.39. The summed E-state index contributed by atoms with van der Waals surface area (Å²) in [5.41, 5.74) is 0.448. The van der Waals surface area contributed by atoms with E-state index < -0.39 is 5.60 Å². The molecule has 4 nitrogen and oxygen atoms in total. The van der Waals surface area contributed by atoms with Gasteiger partial charge in [0, 0.05) is 49.7 Å². The fraction of sp³-hybridized carbons (Fsp3) is 0.591.